The lowest BCUT2D eigenvalue weighted by Crippen LogP contribution is -2.27. The van der Waals surface area contributed by atoms with Crippen molar-refractivity contribution in [1.82, 2.24) is 0 Å². The van der Waals surface area contributed by atoms with Crippen LogP contribution >= 0.6 is 0 Å². The van der Waals surface area contributed by atoms with Crippen molar-refractivity contribution in [3.63, 3.8) is 0 Å². The number of amides is 1. The Morgan fingerprint density at radius 1 is 1.16 bits per heavy atom. The quantitative estimate of drug-likeness (QED) is 0.338. The Hall–Kier alpha value is -3.29. The normalized spacial score (nSPS) is 25.8. The van der Waals surface area contributed by atoms with Gasteiger partial charge in [0.1, 0.15) is 11.7 Å². The third-order valence-electron chi connectivity index (χ3n) is 5.56. The van der Waals surface area contributed by atoms with Gasteiger partial charge in [-0.1, -0.05) is 6.07 Å². The maximum Gasteiger partial charge on any atom is 0.412 e. The molecule has 1 aromatic rings. The number of nitrogens with one attached hydrogen (secondary N) is 1. The highest BCUT2D eigenvalue weighted by Crippen LogP contribution is 2.48. The molecule has 0 radical (unpaired) electrons. The lowest BCUT2D eigenvalue weighted by atomic mass is 9.98. The summed E-state index contributed by atoms with van der Waals surface area (Å²) in [6, 6.07) is 5.50. The maximum atomic E-state index is 12.5. The molecule has 164 valence electrons. The molecule has 3 atom stereocenters. The lowest BCUT2D eigenvalue weighted by Gasteiger charge is -2.20. The first-order valence-electron chi connectivity index (χ1n) is 10.1. The highest BCUT2D eigenvalue weighted by Gasteiger charge is 2.47. The number of esters is 2. The summed E-state index contributed by atoms with van der Waals surface area (Å²) in [6.07, 6.45) is 0.108. The van der Waals surface area contributed by atoms with Gasteiger partial charge in [0.25, 0.3) is 6.29 Å². The Morgan fingerprint density at radius 3 is 2.55 bits per heavy atom. The van der Waals surface area contributed by atoms with Gasteiger partial charge < -0.3 is 18.9 Å². The molecule has 31 heavy (non-hydrogen) atoms. The molecule has 0 aromatic heterocycles. The van der Waals surface area contributed by atoms with Crippen LogP contribution in [0.3, 0.4) is 0 Å². The predicted octanol–water partition coefficient (Wildman–Crippen LogP) is 3.92. The average Bonchev–Trinajstić information content (AvgIpc) is 3.24. The number of carbonyl (C=O) groups is 3. The lowest BCUT2D eigenvalue weighted by molar-refractivity contribution is -0.153. The minimum atomic E-state index is -0.833. The van der Waals surface area contributed by atoms with Crippen LogP contribution in [-0.4, -0.2) is 29.9 Å². The number of cyclic esters (lactones) is 1. The van der Waals surface area contributed by atoms with Crippen molar-refractivity contribution in [3.05, 3.63) is 52.3 Å². The van der Waals surface area contributed by atoms with Crippen LogP contribution in [0.25, 0.3) is 0 Å². The monoisotopic (exact) mass is 427 g/mol. The van der Waals surface area contributed by atoms with Gasteiger partial charge in [-0.15, -0.1) is 0 Å². The Labute approximate surface area is 180 Å². The van der Waals surface area contributed by atoms with Crippen molar-refractivity contribution >= 4 is 23.7 Å². The van der Waals surface area contributed by atoms with Gasteiger partial charge in [0, 0.05) is 22.8 Å². The van der Waals surface area contributed by atoms with E-state index < -0.39 is 36.0 Å². The average molecular weight is 427 g/mol. The number of fused-ring (bicyclic) bond motifs is 3. The fourth-order valence-electron chi connectivity index (χ4n) is 3.87. The summed E-state index contributed by atoms with van der Waals surface area (Å²) in [5, 5.41) is 2.71. The molecule has 8 nitrogen and oxygen atoms in total. The largest absolute Gasteiger partial charge is 0.458 e. The van der Waals surface area contributed by atoms with Crippen LogP contribution in [0.5, 0.6) is 0 Å². The zero-order valence-electron chi connectivity index (χ0n) is 18.1. The Bertz CT molecular complexity index is 1030. The van der Waals surface area contributed by atoms with E-state index in [1.54, 1.807) is 46.8 Å². The third kappa shape index (κ3) is 4.02. The zero-order valence-corrected chi connectivity index (χ0v) is 18.1. The number of rotatable bonds is 3. The summed E-state index contributed by atoms with van der Waals surface area (Å²) in [4.78, 5) is 36.2. The van der Waals surface area contributed by atoms with Crippen molar-refractivity contribution in [3.8, 4) is 0 Å². The number of hydrogen-bond acceptors (Lipinski definition) is 7. The topological polar surface area (TPSA) is 100 Å². The fraction of sp³-hybridized carbons (Fsp3) is 0.435. The van der Waals surface area contributed by atoms with Crippen LogP contribution in [0.2, 0.25) is 0 Å². The van der Waals surface area contributed by atoms with Gasteiger partial charge in [-0.05, 0) is 64.3 Å². The first-order valence-corrected chi connectivity index (χ1v) is 10.1. The molecule has 3 aliphatic rings. The molecule has 2 heterocycles. The molecule has 1 amide bonds. The molecule has 2 aliphatic heterocycles. The van der Waals surface area contributed by atoms with E-state index in [9.17, 15) is 14.4 Å². The van der Waals surface area contributed by atoms with Crippen LogP contribution in [0.1, 0.15) is 51.8 Å². The Balaban J connectivity index is 1.49. The molecule has 4 rings (SSSR count). The molecule has 1 saturated heterocycles. The van der Waals surface area contributed by atoms with Crippen LogP contribution in [0.15, 0.2) is 41.2 Å². The molecule has 3 unspecified atom stereocenters. The van der Waals surface area contributed by atoms with Crippen LogP contribution < -0.4 is 5.32 Å². The highest BCUT2D eigenvalue weighted by atomic mass is 16.7. The van der Waals surface area contributed by atoms with Crippen LogP contribution in [0.4, 0.5) is 10.5 Å². The Kier molecular flexibility index (Phi) is 5.03. The van der Waals surface area contributed by atoms with Gasteiger partial charge >= 0.3 is 18.0 Å². The van der Waals surface area contributed by atoms with Gasteiger partial charge in [-0.25, -0.2) is 14.4 Å². The third-order valence-corrected chi connectivity index (χ3v) is 5.56. The van der Waals surface area contributed by atoms with E-state index in [-0.39, 0.29) is 5.92 Å². The molecule has 1 N–H and O–H groups in total. The van der Waals surface area contributed by atoms with Crippen LogP contribution in [-0.2, 0) is 35.0 Å². The van der Waals surface area contributed by atoms with Crippen molar-refractivity contribution in [2.45, 2.75) is 59.0 Å². The van der Waals surface area contributed by atoms with Crippen molar-refractivity contribution in [2.24, 2.45) is 5.92 Å². The summed E-state index contributed by atoms with van der Waals surface area (Å²) in [6.45, 7) is 8.80. The molecule has 8 heteroatoms. The standard InChI is InChI=1S/C23H25NO7/c1-11-12(2)21(30-19(11)25)28-10-17-16-8-13-6-7-14(24-22(27)31-23(3,4)5)9-15(13)18(16)29-20(17)26/h6-7,9-10,16,18,21H,8H2,1-5H3,(H,24,27). The summed E-state index contributed by atoms with van der Waals surface area (Å²) >= 11 is 0. The minimum Gasteiger partial charge on any atom is -0.458 e. The van der Waals surface area contributed by atoms with Gasteiger partial charge in [0.15, 0.2) is 0 Å². The number of hydrogen-bond donors (Lipinski definition) is 1. The SMILES string of the molecule is CC1=C(C)C(OC=C2C(=O)OC3c4cc(NC(=O)OC(C)(C)C)ccc4CC23)OC1=O. The van der Waals surface area contributed by atoms with E-state index in [4.69, 9.17) is 18.9 Å². The van der Waals surface area contributed by atoms with Crippen LogP contribution in [0, 0.1) is 5.92 Å². The molecular weight excluding hydrogens is 402 g/mol. The Morgan fingerprint density at radius 2 is 1.90 bits per heavy atom. The molecule has 1 aromatic carbocycles. The highest BCUT2D eigenvalue weighted by molar-refractivity contribution is 5.93. The number of ether oxygens (including phenoxy) is 4. The van der Waals surface area contributed by atoms with Crippen molar-refractivity contribution in [1.29, 1.82) is 0 Å². The summed E-state index contributed by atoms with van der Waals surface area (Å²) in [7, 11) is 0. The number of benzene rings is 1. The summed E-state index contributed by atoms with van der Waals surface area (Å²) in [5.74, 6) is -1.10. The molecule has 1 fully saturated rings. The van der Waals surface area contributed by atoms with Gasteiger partial charge in [-0.2, -0.15) is 0 Å². The molecular formula is C23H25NO7. The molecule has 1 aliphatic carbocycles. The second-order valence-electron chi connectivity index (χ2n) is 8.93. The van der Waals surface area contributed by atoms with Crippen molar-refractivity contribution in [2.75, 3.05) is 5.32 Å². The smallest absolute Gasteiger partial charge is 0.412 e. The van der Waals surface area contributed by atoms with Crippen molar-refractivity contribution < 1.29 is 33.3 Å². The number of anilines is 1. The summed E-state index contributed by atoms with van der Waals surface area (Å²) < 4.78 is 21.6. The first kappa shape index (κ1) is 21.0. The van der Waals surface area contributed by atoms with E-state index in [2.05, 4.69) is 5.32 Å². The van der Waals surface area contributed by atoms with Gasteiger partial charge in [0.05, 0.1) is 11.8 Å². The van der Waals surface area contributed by atoms with E-state index in [0.29, 0.717) is 28.8 Å². The maximum absolute atomic E-state index is 12.5. The van der Waals surface area contributed by atoms with E-state index in [1.165, 1.54) is 6.26 Å². The van der Waals surface area contributed by atoms with Gasteiger partial charge in [0.2, 0.25) is 0 Å². The molecule has 0 bridgehead atoms. The minimum absolute atomic E-state index is 0.207. The number of carbonyl (C=O) groups excluding carboxylic acids is 3. The summed E-state index contributed by atoms with van der Waals surface area (Å²) in [5.41, 5.74) is 3.42. The first-order chi connectivity index (χ1) is 14.5. The molecule has 0 spiro atoms. The van der Waals surface area contributed by atoms with E-state index >= 15 is 0 Å². The zero-order chi connectivity index (χ0) is 22.5. The fourth-order valence-corrected chi connectivity index (χ4v) is 3.87. The van der Waals surface area contributed by atoms with E-state index in [1.807, 2.05) is 6.07 Å². The molecule has 0 saturated carbocycles. The van der Waals surface area contributed by atoms with E-state index in [0.717, 1.165) is 11.1 Å². The second kappa shape index (κ2) is 7.44. The van der Waals surface area contributed by atoms with Gasteiger partial charge in [-0.3, -0.25) is 5.32 Å². The predicted molar refractivity (Wildman–Crippen MR) is 110 cm³/mol. The second-order valence-corrected chi connectivity index (χ2v) is 8.93.